The molecule has 0 radical (unpaired) electrons. The lowest BCUT2D eigenvalue weighted by Gasteiger charge is -2.29. The molecule has 0 saturated heterocycles. The highest BCUT2D eigenvalue weighted by Gasteiger charge is 2.27. The predicted molar refractivity (Wildman–Crippen MR) is 121 cm³/mol. The van der Waals surface area contributed by atoms with Gasteiger partial charge in [0.15, 0.2) is 6.61 Å². The first-order valence-electron chi connectivity index (χ1n) is 10.2. The van der Waals surface area contributed by atoms with Crippen molar-refractivity contribution < 1.29 is 14.3 Å². The summed E-state index contributed by atoms with van der Waals surface area (Å²) in [6.07, 6.45) is 0. The molecule has 0 aliphatic heterocycles. The number of halogens is 1. The van der Waals surface area contributed by atoms with E-state index < -0.39 is 6.04 Å². The van der Waals surface area contributed by atoms with Crippen LogP contribution in [0.15, 0.2) is 48.5 Å². The summed E-state index contributed by atoms with van der Waals surface area (Å²) in [6.45, 7) is 9.78. The molecule has 2 aromatic carbocycles. The van der Waals surface area contributed by atoms with Crippen LogP contribution in [0.1, 0.15) is 51.7 Å². The molecule has 6 heteroatoms. The molecule has 0 heterocycles. The largest absolute Gasteiger partial charge is 0.484 e. The van der Waals surface area contributed by atoms with E-state index in [0.29, 0.717) is 16.7 Å². The third kappa shape index (κ3) is 6.77. The highest BCUT2D eigenvalue weighted by molar-refractivity contribution is 6.31. The Kier molecular flexibility index (Phi) is 8.72. The van der Waals surface area contributed by atoms with Crippen molar-refractivity contribution in [1.82, 2.24) is 10.2 Å². The number of carbonyl (C=O) groups is 2. The molecule has 0 bridgehead atoms. The molecule has 162 valence electrons. The molecular weight excluding hydrogens is 400 g/mol. The number of nitrogens with zero attached hydrogens (tertiary/aromatic N) is 1. The van der Waals surface area contributed by atoms with Gasteiger partial charge in [0.25, 0.3) is 5.91 Å². The van der Waals surface area contributed by atoms with Crippen LogP contribution in [0.25, 0.3) is 0 Å². The zero-order chi connectivity index (χ0) is 22.3. The summed E-state index contributed by atoms with van der Waals surface area (Å²) in [6, 6.07) is 14.3. The van der Waals surface area contributed by atoms with Crippen molar-refractivity contribution in [3.63, 3.8) is 0 Å². The molecule has 0 aliphatic rings. The maximum Gasteiger partial charge on any atom is 0.261 e. The van der Waals surface area contributed by atoms with Crippen molar-refractivity contribution in [2.75, 3.05) is 6.61 Å². The van der Waals surface area contributed by atoms with E-state index in [1.54, 1.807) is 13.0 Å². The number of amides is 2. The molecule has 0 fully saturated rings. The first kappa shape index (κ1) is 23.7. The minimum atomic E-state index is -0.664. The Morgan fingerprint density at radius 2 is 1.63 bits per heavy atom. The van der Waals surface area contributed by atoms with E-state index in [1.807, 2.05) is 56.3 Å². The molecule has 0 spiro atoms. The minimum absolute atomic E-state index is 0.0204. The minimum Gasteiger partial charge on any atom is -0.484 e. The molecule has 1 N–H and O–H groups in total. The number of benzene rings is 2. The summed E-state index contributed by atoms with van der Waals surface area (Å²) in [5, 5.41) is 3.41. The standard InChI is InChI=1S/C24H31ClN2O3/c1-16(2)19-10-12-21(13-11-19)30-15-23(28)27(18(5)24(29)26-17(3)4)14-20-8-6-7-9-22(20)25/h6-13,16-18H,14-15H2,1-5H3,(H,26,29)/t18-/m1/s1. The van der Waals surface area contributed by atoms with E-state index >= 15 is 0 Å². The first-order chi connectivity index (χ1) is 14.2. The summed E-state index contributed by atoms with van der Waals surface area (Å²) in [5.41, 5.74) is 1.98. The Bertz CT molecular complexity index is 850. The number of nitrogens with one attached hydrogen (secondary N) is 1. The molecule has 5 nitrogen and oxygen atoms in total. The SMILES string of the molecule is CC(C)NC(=O)[C@@H](C)N(Cc1ccccc1Cl)C(=O)COc1ccc(C(C)C)cc1. The van der Waals surface area contributed by atoms with Crippen molar-refractivity contribution in [1.29, 1.82) is 0 Å². The van der Waals surface area contributed by atoms with Gasteiger partial charge in [-0.2, -0.15) is 0 Å². The van der Waals surface area contributed by atoms with Crippen LogP contribution in [-0.4, -0.2) is 35.4 Å². The zero-order valence-electron chi connectivity index (χ0n) is 18.3. The van der Waals surface area contributed by atoms with E-state index in [0.717, 1.165) is 5.56 Å². The first-order valence-corrected chi connectivity index (χ1v) is 10.6. The highest BCUT2D eigenvalue weighted by atomic mass is 35.5. The van der Waals surface area contributed by atoms with Gasteiger partial charge in [-0.1, -0.05) is 55.8 Å². The lowest BCUT2D eigenvalue weighted by atomic mass is 10.0. The topological polar surface area (TPSA) is 58.6 Å². The predicted octanol–water partition coefficient (Wildman–Crippen LogP) is 4.78. The van der Waals surface area contributed by atoms with Crippen molar-refractivity contribution in [2.24, 2.45) is 0 Å². The third-order valence-corrected chi connectivity index (χ3v) is 5.17. The summed E-state index contributed by atoms with van der Waals surface area (Å²) in [5.74, 6) is 0.540. The Hall–Kier alpha value is -2.53. The van der Waals surface area contributed by atoms with Gasteiger partial charge in [0.05, 0.1) is 0 Å². The fourth-order valence-corrected chi connectivity index (χ4v) is 3.17. The normalized spacial score (nSPS) is 12.0. The van der Waals surface area contributed by atoms with Gasteiger partial charge in [-0.05, 0) is 56.0 Å². The van der Waals surface area contributed by atoms with Gasteiger partial charge in [-0.3, -0.25) is 9.59 Å². The van der Waals surface area contributed by atoms with E-state index in [-0.39, 0.29) is 31.0 Å². The van der Waals surface area contributed by atoms with Crippen molar-refractivity contribution >= 4 is 23.4 Å². The molecule has 2 rings (SSSR count). The van der Waals surface area contributed by atoms with Crippen molar-refractivity contribution in [2.45, 2.75) is 59.2 Å². The maximum absolute atomic E-state index is 13.0. The van der Waals surface area contributed by atoms with Gasteiger partial charge in [-0.15, -0.1) is 0 Å². The molecule has 1 atom stereocenters. The number of hydrogen-bond acceptors (Lipinski definition) is 3. The quantitative estimate of drug-likeness (QED) is 0.622. The second kappa shape index (κ2) is 11.0. The average molecular weight is 431 g/mol. The van der Waals surface area contributed by atoms with Gasteiger partial charge in [0.2, 0.25) is 5.91 Å². The van der Waals surface area contributed by atoms with Crippen LogP contribution in [0.2, 0.25) is 5.02 Å². The van der Waals surface area contributed by atoms with Gasteiger partial charge < -0.3 is 15.0 Å². The number of hydrogen-bond donors (Lipinski definition) is 1. The maximum atomic E-state index is 13.0. The van der Waals surface area contributed by atoms with Crippen LogP contribution < -0.4 is 10.1 Å². The number of rotatable bonds is 9. The monoisotopic (exact) mass is 430 g/mol. The molecule has 30 heavy (non-hydrogen) atoms. The Balaban J connectivity index is 2.14. The van der Waals surface area contributed by atoms with E-state index in [4.69, 9.17) is 16.3 Å². The summed E-state index contributed by atoms with van der Waals surface area (Å²) < 4.78 is 5.71. The summed E-state index contributed by atoms with van der Waals surface area (Å²) in [7, 11) is 0. The lowest BCUT2D eigenvalue weighted by Crippen LogP contribution is -2.50. The molecule has 0 saturated carbocycles. The highest BCUT2D eigenvalue weighted by Crippen LogP contribution is 2.20. The van der Waals surface area contributed by atoms with Crippen LogP contribution in [-0.2, 0) is 16.1 Å². The van der Waals surface area contributed by atoms with Crippen molar-refractivity contribution in [3.8, 4) is 5.75 Å². The fraction of sp³-hybridized carbons (Fsp3) is 0.417. The van der Waals surface area contributed by atoms with Gasteiger partial charge in [0, 0.05) is 17.6 Å². The summed E-state index contributed by atoms with van der Waals surface area (Å²) in [4.78, 5) is 27.1. The van der Waals surface area contributed by atoms with E-state index in [2.05, 4.69) is 19.2 Å². The smallest absolute Gasteiger partial charge is 0.261 e. The van der Waals surface area contributed by atoms with Crippen LogP contribution in [0.4, 0.5) is 0 Å². The number of ether oxygens (including phenoxy) is 1. The van der Waals surface area contributed by atoms with E-state index in [9.17, 15) is 9.59 Å². The Morgan fingerprint density at radius 1 is 1.00 bits per heavy atom. The average Bonchev–Trinajstić information content (AvgIpc) is 2.70. The molecule has 0 aromatic heterocycles. The van der Waals surface area contributed by atoms with Crippen LogP contribution >= 0.6 is 11.6 Å². The molecule has 2 aromatic rings. The number of carbonyl (C=O) groups excluding carboxylic acids is 2. The second-order valence-corrected chi connectivity index (χ2v) is 8.37. The van der Waals surface area contributed by atoms with Gasteiger partial charge in [0.1, 0.15) is 11.8 Å². The Morgan fingerprint density at radius 3 is 2.20 bits per heavy atom. The lowest BCUT2D eigenvalue weighted by molar-refractivity contribution is -0.142. The summed E-state index contributed by atoms with van der Waals surface area (Å²) >= 11 is 6.29. The molecule has 0 unspecified atom stereocenters. The fourth-order valence-electron chi connectivity index (χ4n) is 2.97. The van der Waals surface area contributed by atoms with Crippen LogP contribution in [0, 0.1) is 0 Å². The van der Waals surface area contributed by atoms with Gasteiger partial charge >= 0.3 is 0 Å². The molecular formula is C24H31ClN2O3. The zero-order valence-corrected chi connectivity index (χ0v) is 19.1. The Labute approximate surface area is 184 Å². The molecule has 2 amide bonds. The molecule has 0 aliphatic carbocycles. The van der Waals surface area contributed by atoms with Crippen molar-refractivity contribution in [3.05, 3.63) is 64.7 Å². The van der Waals surface area contributed by atoms with Crippen LogP contribution in [0.3, 0.4) is 0 Å². The van der Waals surface area contributed by atoms with Gasteiger partial charge in [-0.25, -0.2) is 0 Å². The van der Waals surface area contributed by atoms with E-state index in [1.165, 1.54) is 10.5 Å². The third-order valence-electron chi connectivity index (χ3n) is 4.81. The van der Waals surface area contributed by atoms with Crippen LogP contribution in [0.5, 0.6) is 5.75 Å². The second-order valence-electron chi connectivity index (χ2n) is 7.96.